The van der Waals surface area contributed by atoms with Gasteiger partial charge in [0.2, 0.25) is 0 Å². The van der Waals surface area contributed by atoms with Gasteiger partial charge in [0.1, 0.15) is 5.60 Å². The number of benzene rings is 1. The molecule has 0 spiro atoms. The fraction of sp³-hybridized carbons (Fsp3) is 0.368. The Morgan fingerprint density at radius 1 is 1.28 bits per heavy atom. The molecule has 5 nitrogen and oxygen atoms in total. The zero-order valence-corrected chi connectivity index (χ0v) is 16.6. The number of aromatic nitrogens is 1. The van der Waals surface area contributed by atoms with Gasteiger partial charge in [-0.15, -0.1) is 0 Å². The number of hydrogen-bond donors (Lipinski definition) is 0. The molecule has 0 aliphatic rings. The van der Waals surface area contributed by atoms with Crippen LogP contribution >= 0.6 is 15.9 Å². The lowest BCUT2D eigenvalue weighted by Gasteiger charge is -2.19. The molecule has 0 atom stereocenters. The maximum absolute atomic E-state index is 12.5. The summed E-state index contributed by atoms with van der Waals surface area (Å²) < 4.78 is 12.8. The topological polar surface area (TPSA) is 57.5 Å². The molecule has 0 radical (unpaired) electrons. The lowest BCUT2D eigenvalue weighted by molar-refractivity contribution is -0.138. The van der Waals surface area contributed by atoms with Crippen molar-refractivity contribution in [1.29, 1.82) is 0 Å². The number of fused-ring (bicyclic) bond motifs is 1. The van der Waals surface area contributed by atoms with E-state index in [1.54, 1.807) is 26.1 Å². The van der Waals surface area contributed by atoms with Gasteiger partial charge in [0, 0.05) is 27.2 Å². The van der Waals surface area contributed by atoms with E-state index in [1.807, 2.05) is 39.0 Å². The average molecular weight is 408 g/mol. The molecule has 1 aromatic heterocycles. The first-order chi connectivity index (χ1) is 11.6. The number of ether oxygens (including phenoxy) is 2. The Balaban J connectivity index is 2.54. The molecule has 0 bridgehead atoms. The van der Waals surface area contributed by atoms with Crippen LogP contribution in [0.15, 0.2) is 34.4 Å². The lowest BCUT2D eigenvalue weighted by atomic mass is 10.1. The van der Waals surface area contributed by atoms with E-state index in [4.69, 9.17) is 9.47 Å². The standard InChI is InChI=1S/C19H22BrNO4/c1-6-24-17(22)12(2)9-13-11-21(18(23)25-19(3,4)5)16-8-7-14(20)10-15(13)16/h7-11H,6H2,1-5H3/b12-9+. The van der Waals surface area contributed by atoms with Crippen LogP contribution in [0.4, 0.5) is 4.79 Å². The third kappa shape index (κ3) is 4.72. The molecule has 0 aliphatic heterocycles. The second kappa shape index (κ2) is 7.44. The third-order valence-corrected chi connectivity index (χ3v) is 3.85. The van der Waals surface area contributed by atoms with Crippen molar-refractivity contribution in [3.63, 3.8) is 0 Å². The highest BCUT2D eigenvalue weighted by molar-refractivity contribution is 9.10. The van der Waals surface area contributed by atoms with Crippen LogP contribution < -0.4 is 0 Å². The van der Waals surface area contributed by atoms with Crippen LogP contribution in [0.25, 0.3) is 17.0 Å². The molecule has 0 amide bonds. The van der Waals surface area contributed by atoms with Crippen molar-refractivity contribution in [2.45, 2.75) is 40.2 Å². The van der Waals surface area contributed by atoms with Crippen LogP contribution in [0, 0.1) is 0 Å². The summed E-state index contributed by atoms with van der Waals surface area (Å²) in [6.45, 7) is 9.22. The molecule has 2 aromatic rings. The molecule has 0 saturated heterocycles. The van der Waals surface area contributed by atoms with Gasteiger partial charge >= 0.3 is 12.1 Å². The SMILES string of the molecule is CCOC(=O)/C(C)=C/c1cn(C(=O)OC(C)(C)C)c2ccc(Br)cc12. The van der Waals surface area contributed by atoms with E-state index in [-0.39, 0.29) is 5.97 Å². The van der Waals surface area contributed by atoms with Crippen LogP contribution in [0.5, 0.6) is 0 Å². The summed E-state index contributed by atoms with van der Waals surface area (Å²) in [5.41, 5.74) is 1.32. The monoisotopic (exact) mass is 407 g/mol. The van der Waals surface area contributed by atoms with Crippen molar-refractivity contribution in [3.8, 4) is 0 Å². The van der Waals surface area contributed by atoms with Crippen molar-refractivity contribution >= 4 is 45.0 Å². The summed E-state index contributed by atoms with van der Waals surface area (Å²) in [4.78, 5) is 24.4. The Hall–Kier alpha value is -2.08. The Labute approximate surface area is 155 Å². The predicted octanol–water partition coefficient (Wildman–Crippen LogP) is 5.15. The van der Waals surface area contributed by atoms with Crippen molar-refractivity contribution in [2.24, 2.45) is 0 Å². The molecule has 0 aliphatic carbocycles. The van der Waals surface area contributed by atoms with Crippen LogP contribution in [-0.4, -0.2) is 28.8 Å². The molecule has 134 valence electrons. The molecule has 25 heavy (non-hydrogen) atoms. The third-order valence-electron chi connectivity index (χ3n) is 3.36. The van der Waals surface area contributed by atoms with Crippen LogP contribution in [0.2, 0.25) is 0 Å². The number of halogens is 1. The second-order valence-corrected chi connectivity index (χ2v) is 7.56. The normalized spacial score (nSPS) is 12.3. The number of nitrogens with zero attached hydrogens (tertiary/aromatic N) is 1. The highest BCUT2D eigenvalue weighted by Crippen LogP contribution is 2.28. The van der Waals surface area contributed by atoms with E-state index in [0.717, 1.165) is 15.4 Å². The van der Waals surface area contributed by atoms with Gasteiger partial charge in [0.15, 0.2) is 0 Å². The van der Waals surface area contributed by atoms with Gasteiger partial charge in [-0.25, -0.2) is 9.59 Å². The first-order valence-electron chi connectivity index (χ1n) is 8.01. The van der Waals surface area contributed by atoms with Crippen LogP contribution in [-0.2, 0) is 14.3 Å². The van der Waals surface area contributed by atoms with Crippen molar-refractivity contribution in [3.05, 3.63) is 40.0 Å². The smallest absolute Gasteiger partial charge is 0.419 e. The van der Waals surface area contributed by atoms with E-state index < -0.39 is 11.7 Å². The summed E-state index contributed by atoms with van der Waals surface area (Å²) in [6.07, 6.45) is 2.93. The van der Waals surface area contributed by atoms with Gasteiger partial charge in [-0.1, -0.05) is 15.9 Å². The lowest BCUT2D eigenvalue weighted by Crippen LogP contribution is -2.26. The minimum Gasteiger partial charge on any atom is -0.463 e. The Morgan fingerprint density at radius 3 is 2.56 bits per heavy atom. The summed E-state index contributed by atoms with van der Waals surface area (Å²) in [5, 5.41) is 0.837. The fourth-order valence-corrected chi connectivity index (χ4v) is 2.70. The highest BCUT2D eigenvalue weighted by atomic mass is 79.9. The van der Waals surface area contributed by atoms with Gasteiger partial charge in [0.05, 0.1) is 12.1 Å². The number of carbonyl (C=O) groups excluding carboxylic acids is 2. The molecule has 1 heterocycles. The molecular weight excluding hydrogens is 386 g/mol. The summed E-state index contributed by atoms with van der Waals surface area (Å²) in [7, 11) is 0. The van der Waals surface area contributed by atoms with E-state index in [1.165, 1.54) is 4.57 Å². The van der Waals surface area contributed by atoms with Crippen molar-refractivity contribution in [2.75, 3.05) is 6.61 Å². The van der Waals surface area contributed by atoms with Gasteiger partial charge in [-0.05, 0) is 58.9 Å². The number of rotatable bonds is 3. The van der Waals surface area contributed by atoms with Gasteiger partial charge < -0.3 is 9.47 Å². The van der Waals surface area contributed by atoms with E-state index >= 15 is 0 Å². The summed E-state index contributed by atoms with van der Waals surface area (Å²) >= 11 is 3.44. The fourth-order valence-electron chi connectivity index (χ4n) is 2.34. The molecule has 2 rings (SSSR count). The van der Waals surface area contributed by atoms with E-state index in [9.17, 15) is 9.59 Å². The van der Waals surface area contributed by atoms with Gasteiger partial charge in [-0.2, -0.15) is 0 Å². The molecule has 0 N–H and O–H groups in total. The molecule has 0 fully saturated rings. The maximum Gasteiger partial charge on any atom is 0.419 e. The highest BCUT2D eigenvalue weighted by Gasteiger charge is 2.20. The summed E-state index contributed by atoms with van der Waals surface area (Å²) in [5.74, 6) is -0.379. The molecule has 1 aromatic carbocycles. The van der Waals surface area contributed by atoms with E-state index in [0.29, 0.717) is 17.7 Å². The molecule has 6 heteroatoms. The Kier molecular flexibility index (Phi) is 5.72. The Morgan fingerprint density at radius 2 is 1.96 bits per heavy atom. The quantitative estimate of drug-likeness (QED) is 0.521. The first-order valence-corrected chi connectivity index (χ1v) is 8.81. The van der Waals surface area contributed by atoms with Gasteiger partial charge in [0.25, 0.3) is 0 Å². The largest absolute Gasteiger partial charge is 0.463 e. The minimum atomic E-state index is -0.597. The van der Waals surface area contributed by atoms with Crippen LogP contribution in [0.3, 0.4) is 0 Å². The van der Waals surface area contributed by atoms with Crippen molar-refractivity contribution < 1.29 is 19.1 Å². The average Bonchev–Trinajstić information content (AvgIpc) is 2.84. The van der Waals surface area contributed by atoms with Gasteiger partial charge in [-0.3, -0.25) is 4.57 Å². The zero-order chi connectivity index (χ0) is 18.8. The maximum atomic E-state index is 12.5. The number of carbonyl (C=O) groups is 2. The first kappa shape index (κ1) is 19.2. The van der Waals surface area contributed by atoms with Crippen LogP contribution in [0.1, 0.15) is 40.2 Å². The summed E-state index contributed by atoms with van der Waals surface area (Å²) in [6, 6.07) is 5.59. The zero-order valence-electron chi connectivity index (χ0n) is 15.1. The molecule has 0 unspecified atom stereocenters. The number of hydrogen-bond acceptors (Lipinski definition) is 4. The predicted molar refractivity (Wildman–Crippen MR) is 102 cm³/mol. The molecule has 0 saturated carbocycles. The second-order valence-electron chi connectivity index (χ2n) is 6.64. The van der Waals surface area contributed by atoms with E-state index in [2.05, 4.69) is 15.9 Å². The Bertz CT molecular complexity index is 843. The molecular formula is C19H22BrNO4. The van der Waals surface area contributed by atoms with Crippen molar-refractivity contribution in [1.82, 2.24) is 4.57 Å². The minimum absolute atomic E-state index is 0.315. The number of esters is 1.